The van der Waals surface area contributed by atoms with Crippen LogP contribution >= 0.6 is 0 Å². The highest BCUT2D eigenvalue weighted by Crippen LogP contribution is 2.36. The van der Waals surface area contributed by atoms with Gasteiger partial charge in [0.2, 0.25) is 5.91 Å². The largest absolute Gasteiger partial charge is 0.493 e. The molecule has 166 valence electrons. The number of nitrogens with zero attached hydrogens (tertiary/aromatic N) is 1. The maximum Gasteiger partial charge on any atom is 0.387 e. The monoisotopic (exact) mass is 437 g/mol. The topological polar surface area (TPSA) is 120 Å². The van der Waals surface area contributed by atoms with Crippen LogP contribution < -0.4 is 20.1 Å². The molecular weight excluding hydrogens is 416 g/mol. The zero-order chi connectivity index (χ0) is 23.3. The van der Waals surface area contributed by atoms with Crippen molar-refractivity contribution in [2.24, 2.45) is 5.41 Å². The number of nitro benzene ring substituents is 1. The molecule has 0 saturated carbocycles. The number of halogens is 2. The SMILES string of the molecule is COc1cc(C(=O)Nc2ccc(NC(=O)C(C)(C)C)cc2)c([N+](=O)[O-])cc1OC(F)F. The quantitative estimate of drug-likeness (QED) is 0.488. The van der Waals surface area contributed by atoms with Crippen molar-refractivity contribution in [3.05, 3.63) is 52.1 Å². The molecule has 0 aliphatic rings. The normalized spacial score (nSPS) is 11.1. The Balaban J connectivity index is 2.26. The van der Waals surface area contributed by atoms with Crippen LogP contribution in [0.2, 0.25) is 0 Å². The molecule has 31 heavy (non-hydrogen) atoms. The van der Waals surface area contributed by atoms with E-state index in [0.29, 0.717) is 17.4 Å². The molecule has 0 fully saturated rings. The van der Waals surface area contributed by atoms with Crippen LogP contribution in [0, 0.1) is 15.5 Å². The van der Waals surface area contributed by atoms with E-state index in [9.17, 15) is 28.5 Å². The first-order chi connectivity index (χ1) is 14.4. The fraction of sp³-hybridized carbons (Fsp3) is 0.300. The predicted molar refractivity (Wildman–Crippen MR) is 109 cm³/mol. The number of anilines is 2. The highest BCUT2D eigenvalue weighted by atomic mass is 19.3. The van der Waals surface area contributed by atoms with Crippen molar-refractivity contribution in [2.75, 3.05) is 17.7 Å². The van der Waals surface area contributed by atoms with E-state index in [1.165, 1.54) is 12.1 Å². The van der Waals surface area contributed by atoms with Crippen LogP contribution in [0.25, 0.3) is 0 Å². The van der Waals surface area contributed by atoms with Gasteiger partial charge in [0.1, 0.15) is 5.56 Å². The summed E-state index contributed by atoms with van der Waals surface area (Å²) in [6, 6.07) is 7.73. The lowest BCUT2D eigenvalue weighted by molar-refractivity contribution is -0.385. The van der Waals surface area contributed by atoms with Gasteiger partial charge in [0.15, 0.2) is 11.5 Å². The Morgan fingerprint density at radius 1 is 1.03 bits per heavy atom. The van der Waals surface area contributed by atoms with Gasteiger partial charge in [-0.15, -0.1) is 0 Å². The molecule has 0 aromatic heterocycles. The van der Waals surface area contributed by atoms with Crippen molar-refractivity contribution in [3.8, 4) is 11.5 Å². The van der Waals surface area contributed by atoms with Crippen molar-refractivity contribution in [3.63, 3.8) is 0 Å². The van der Waals surface area contributed by atoms with Crippen LogP contribution in [0.1, 0.15) is 31.1 Å². The number of carbonyl (C=O) groups excluding carboxylic acids is 2. The second-order valence-electron chi connectivity index (χ2n) is 7.39. The van der Waals surface area contributed by atoms with Gasteiger partial charge >= 0.3 is 6.61 Å². The Morgan fingerprint density at radius 2 is 1.58 bits per heavy atom. The maximum absolute atomic E-state index is 12.6. The summed E-state index contributed by atoms with van der Waals surface area (Å²) in [6.45, 7) is 2.05. The Bertz CT molecular complexity index is 988. The molecule has 0 saturated heterocycles. The number of ether oxygens (including phenoxy) is 2. The molecule has 0 spiro atoms. The van der Waals surface area contributed by atoms with E-state index in [1.54, 1.807) is 32.9 Å². The molecule has 2 aromatic rings. The molecule has 9 nitrogen and oxygen atoms in total. The third-order valence-electron chi connectivity index (χ3n) is 4.02. The number of rotatable bonds is 7. The minimum Gasteiger partial charge on any atom is -0.493 e. The van der Waals surface area contributed by atoms with Gasteiger partial charge in [0.05, 0.1) is 18.1 Å². The molecule has 11 heteroatoms. The lowest BCUT2D eigenvalue weighted by Gasteiger charge is -2.17. The van der Waals surface area contributed by atoms with Crippen molar-refractivity contribution < 1.29 is 32.8 Å². The molecule has 0 atom stereocenters. The number of amides is 2. The second-order valence-corrected chi connectivity index (χ2v) is 7.39. The molecule has 2 N–H and O–H groups in total. The average molecular weight is 437 g/mol. The van der Waals surface area contributed by atoms with E-state index in [-0.39, 0.29) is 11.7 Å². The summed E-state index contributed by atoms with van der Waals surface area (Å²) in [5.41, 5.74) is -0.943. The van der Waals surface area contributed by atoms with Gasteiger partial charge in [-0.1, -0.05) is 20.8 Å². The first-order valence-electron chi connectivity index (χ1n) is 8.96. The van der Waals surface area contributed by atoms with Gasteiger partial charge < -0.3 is 20.1 Å². The Morgan fingerprint density at radius 3 is 2.03 bits per heavy atom. The summed E-state index contributed by atoms with van der Waals surface area (Å²) in [7, 11) is 1.14. The standard InChI is InChI=1S/C20H21F2N3O6/c1-20(2,3)18(27)24-12-7-5-11(6-8-12)23-17(26)13-9-15(30-4)16(31-19(21)22)10-14(13)25(28)29/h5-10,19H,1-4H3,(H,23,26)(H,24,27). The van der Waals surface area contributed by atoms with Crippen molar-refractivity contribution >= 4 is 28.9 Å². The molecule has 0 bridgehead atoms. The number of carbonyl (C=O) groups is 2. The van der Waals surface area contributed by atoms with Crippen molar-refractivity contribution in [2.45, 2.75) is 27.4 Å². The fourth-order valence-corrected chi connectivity index (χ4v) is 2.38. The molecule has 2 aromatic carbocycles. The third-order valence-corrected chi connectivity index (χ3v) is 4.02. The third kappa shape index (κ3) is 6.11. The Labute approximate surface area is 176 Å². The number of hydrogen-bond acceptors (Lipinski definition) is 6. The maximum atomic E-state index is 12.6. The van der Waals surface area contributed by atoms with Crippen LogP contribution in [0.5, 0.6) is 11.5 Å². The lowest BCUT2D eigenvalue weighted by Crippen LogP contribution is -2.27. The summed E-state index contributed by atoms with van der Waals surface area (Å²) >= 11 is 0. The van der Waals surface area contributed by atoms with Gasteiger partial charge in [-0.25, -0.2) is 0 Å². The molecule has 2 rings (SSSR count). The molecule has 0 aliphatic heterocycles. The number of methoxy groups -OCH3 is 1. The summed E-state index contributed by atoms with van der Waals surface area (Å²) in [5.74, 6) is -1.89. The minimum atomic E-state index is -3.23. The van der Waals surface area contributed by atoms with E-state index >= 15 is 0 Å². The van der Waals surface area contributed by atoms with Gasteiger partial charge in [0.25, 0.3) is 11.6 Å². The van der Waals surface area contributed by atoms with Gasteiger partial charge in [-0.2, -0.15) is 8.78 Å². The fourth-order valence-electron chi connectivity index (χ4n) is 2.38. The van der Waals surface area contributed by atoms with E-state index < -0.39 is 39.9 Å². The summed E-state index contributed by atoms with van der Waals surface area (Å²) < 4.78 is 34.2. The number of benzene rings is 2. The minimum absolute atomic E-state index is 0.196. The van der Waals surface area contributed by atoms with Crippen LogP contribution in [-0.4, -0.2) is 30.5 Å². The van der Waals surface area contributed by atoms with E-state index in [0.717, 1.165) is 13.2 Å². The number of nitrogens with one attached hydrogen (secondary N) is 2. The van der Waals surface area contributed by atoms with Crippen molar-refractivity contribution in [1.29, 1.82) is 0 Å². The first-order valence-corrected chi connectivity index (χ1v) is 8.96. The zero-order valence-electron chi connectivity index (χ0n) is 17.2. The summed E-state index contributed by atoms with van der Waals surface area (Å²) in [4.78, 5) is 35.1. The van der Waals surface area contributed by atoms with Gasteiger partial charge in [-0.05, 0) is 24.3 Å². The second kappa shape index (κ2) is 9.37. The molecule has 0 aliphatic carbocycles. The number of alkyl halides is 2. The Hall–Kier alpha value is -3.76. The van der Waals surface area contributed by atoms with Crippen LogP contribution in [0.3, 0.4) is 0 Å². The zero-order valence-corrected chi connectivity index (χ0v) is 17.2. The highest BCUT2D eigenvalue weighted by molar-refractivity contribution is 6.07. The first kappa shape index (κ1) is 23.5. The smallest absolute Gasteiger partial charge is 0.387 e. The molecule has 0 unspecified atom stereocenters. The Kier molecular flexibility index (Phi) is 7.11. The van der Waals surface area contributed by atoms with Gasteiger partial charge in [-0.3, -0.25) is 19.7 Å². The average Bonchev–Trinajstić information content (AvgIpc) is 2.67. The van der Waals surface area contributed by atoms with Crippen molar-refractivity contribution in [1.82, 2.24) is 0 Å². The number of hydrogen-bond donors (Lipinski definition) is 2. The van der Waals surface area contributed by atoms with Crippen LogP contribution in [0.4, 0.5) is 25.8 Å². The molecule has 0 heterocycles. The van der Waals surface area contributed by atoms with E-state index in [1.807, 2.05) is 0 Å². The van der Waals surface area contributed by atoms with E-state index in [2.05, 4.69) is 15.4 Å². The van der Waals surface area contributed by atoms with Crippen LogP contribution in [0.15, 0.2) is 36.4 Å². The predicted octanol–water partition coefficient (Wildman–Crippen LogP) is 4.44. The summed E-state index contributed by atoms with van der Waals surface area (Å²) in [5, 5.41) is 16.5. The number of nitro groups is 1. The highest BCUT2D eigenvalue weighted by Gasteiger charge is 2.26. The van der Waals surface area contributed by atoms with E-state index in [4.69, 9.17) is 4.74 Å². The summed E-state index contributed by atoms with van der Waals surface area (Å²) in [6.07, 6.45) is 0. The van der Waals surface area contributed by atoms with Gasteiger partial charge in [0, 0.05) is 22.9 Å². The van der Waals surface area contributed by atoms with Crippen LogP contribution in [-0.2, 0) is 4.79 Å². The molecular formula is C20H21F2N3O6. The molecule has 0 radical (unpaired) electrons. The molecule has 2 amide bonds. The lowest BCUT2D eigenvalue weighted by atomic mass is 9.95.